The number of nitrogens with one attached hydrogen (secondary N) is 2. The van der Waals surface area contributed by atoms with E-state index in [1.807, 2.05) is 30.3 Å². The number of benzene rings is 3. The SMILES string of the molecule is Clc1ccc(-c2nc3c4ccccc4[nH]c3c3c2[nH]c2ccccc23)cc1. The third-order valence-corrected chi connectivity index (χ3v) is 5.46. The predicted octanol–water partition coefficient (Wildman–Crippen LogP) is 6.67. The fraction of sp³-hybridized carbons (Fsp3) is 0. The highest BCUT2D eigenvalue weighted by Gasteiger charge is 2.18. The number of halogens is 1. The molecular formula is C23H14ClN3. The van der Waals surface area contributed by atoms with E-state index in [2.05, 4.69) is 52.4 Å². The summed E-state index contributed by atoms with van der Waals surface area (Å²) in [6.07, 6.45) is 0. The van der Waals surface area contributed by atoms with Gasteiger partial charge in [-0.2, -0.15) is 0 Å². The van der Waals surface area contributed by atoms with Crippen molar-refractivity contribution in [3.05, 3.63) is 77.8 Å². The van der Waals surface area contributed by atoms with Crippen molar-refractivity contribution in [2.24, 2.45) is 0 Å². The second kappa shape index (κ2) is 5.35. The fourth-order valence-electron chi connectivity index (χ4n) is 3.99. The Labute approximate surface area is 159 Å². The number of para-hydroxylation sites is 2. The number of nitrogens with zero attached hydrogens (tertiary/aromatic N) is 1. The van der Waals surface area contributed by atoms with Gasteiger partial charge in [0.15, 0.2) is 0 Å². The van der Waals surface area contributed by atoms with E-state index in [4.69, 9.17) is 16.6 Å². The van der Waals surface area contributed by atoms with Gasteiger partial charge in [0.1, 0.15) is 0 Å². The Kier molecular flexibility index (Phi) is 2.94. The zero-order chi connectivity index (χ0) is 18.0. The van der Waals surface area contributed by atoms with Crippen molar-refractivity contribution in [2.45, 2.75) is 0 Å². The molecule has 3 nitrogen and oxygen atoms in total. The maximum atomic E-state index is 6.10. The molecule has 0 atom stereocenters. The van der Waals surface area contributed by atoms with Crippen LogP contribution in [0.15, 0.2) is 72.8 Å². The van der Waals surface area contributed by atoms with Crippen LogP contribution in [0.1, 0.15) is 0 Å². The first-order chi connectivity index (χ1) is 13.3. The van der Waals surface area contributed by atoms with Crippen LogP contribution in [0.4, 0.5) is 0 Å². The zero-order valence-electron chi connectivity index (χ0n) is 14.3. The molecule has 0 unspecified atom stereocenters. The first-order valence-electron chi connectivity index (χ1n) is 8.86. The first-order valence-corrected chi connectivity index (χ1v) is 9.24. The van der Waals surface area contributed by atoms with Crippen molar-refractivity contribution < 1.29 is 0 Å². The van der Waals surface area contributed by atoms with E-state index in [9.17, 15) is 0 Å². The minimum atomic E-state index is 0.722. The number of hydrogen-bond acceptors (Lipinski definition) is 1. The molecular weight excluding hydrogens is 354 g/mol. The van der Waals surface area contributed by atoms with Crippen LogP contribution in [-0.2, 0) is 0 Å². The van der Waals surface area contributed by atoms with Gasteiger partial charge < -0.3 is 9.97 Å². The zero-order valence-corrected chi connectivity index (χ0v) is 15.0. The van der Waals surface area contributed by atoms with Gasteiger partial charge >= 0.3 is 0 Å². The largest absolute Gasteiger partial charge is 0.353 e. The van der Waals surface area contributed by atoms with Crippen LogP contribution >= 0.6 is 11.6 Å². The van der Waals surface area contributed by atoms with Crippen molar-refractivity contribution in [1.29, 1.82) is 0 Å². The van der Waals surface area contributed by atoms with Crippen molar-refractivity contribution >= 4 is 55.3 Å². The van der Waals surface area contributed by atoms with Gasteiger partial charge in [0.05, 0.1) is 22.2 Å². The van der Waals surface area contributed by atoms with Crippen molar-refractivity contribution in [1.82, 2.24) is 15.0 Å². The number of fused-ring (bicyclic) bond motifs is 7. The molecule has 27 heavy (non-hydrogen) atoms. The van der Waals surface area contributed by atoms with E-state index in [1.54, 1.807) is 0 Å². The summed E-state index contributed by atoms with van der Waals surface area (Å²) in [5.74, 6) is 0. The van der Waals surface area contributed by atoms with Gasteiger partial charge in [0.25, 0.3) is 0 Å². The minimum Gasteiger partial charge on any atom is -0.353 e. The highest BCUT2D eigenvalue weighted by atomic mass is 35.5. The Morgan fingerprint density at radius 3 is 2.07 bits per heavy atom. The Morgan fingerprint density at radius 2 is 1.30 bits per heavy atom. The Morgan fingerprint density at radius 1 is 0.667 bits per heavy atom. The molecule has 3 aromatic carbocycles. The number of aromatic nitrogens is 3. The third-order valence-electron chi connectivity index (χ3n) is 5.21. The molecule has 0 amide bonds. The summed E-state index contributed by atoms with van der Waals surface area (Å²) in [6, 6.07) is 24.6. The lowest BCUT2D eigenvalue weighted by molar-refractivity contribution is 1.41. The van der Waals surface area contributed by atoms with Crippen LogP contribution in [0, 0.1) is 0 Å². The summed E-state index contributed by atoms with van der Waals surface area (Å²) in [6.45, 7) is 0. The molecule has 6 rings (SSSR count). The van der Waals surface area contributed by atoms with Crippen LogP contribution < -0.4 is 0 Å². The van der Waals surface area contributed by atoms with E-state index in [-0.39, 0.29) is 0 Å². The van der Waals surface area contributed by atoms with Crippen LogP contribution in [0.25, 0.3) is 55.0 Å². The summed E-state index contributed by atoms with van der Waals surface area (Å²) in [7, 11) is 0. The Balaban J connectivity index is 1.88. The topological polar surface area (TPSA) is 44.5 Å². The highest BCUT2D eigenvalue weighted by Crippen LogP contribution is 2.39. The van der Waals surface area contributed by atoms with E-state index in [1.165, 1.54) is 10.8 Å². The molecule has 2 N–H and O–H groups in total. The molecule has 0 aliphatic heterocycles. The molecule has 0 aliphatic rings. The van der Waals surface area contributed by atoms with E-state index in [0.717, 1.165) is 49.2 Å². The van der Waals surface area contributed by atoms with Gasteiger partial charge in [-0.1, -0.05) is 60.1 Å². The molecule has 4 heteroatoms. The standard InChI is InChI=1S/C23H14ClN3/c24-14-11-9-13(10-12-14)20-22-19(15-5-1-3-7-17(15)25-22)23-21(27-20)16-6-2-4-8-18(16)26-23/h1-12,25-26H. The van der Waals surface area contributed by atoms with Crippen molar-refractivity contribution in [3.8, 4) is 11.3 Å². The molecule has 3 aromatic heterocycles. The number of rotatable bonds is 1. The molecule has 0 bridgehead atoms. The first kappa shape index (κ1) is 14.8. The van der Waals surface area contributed by atoms with Gasteiger partial charge in [0.2, 0.25) is 0 Å². The van der Waals surface area contributed by atoms with Gasteiger partial charge in [-0.25, -0.2) is 4.98 Å². The smallest absolute Gasteiger partial charge is 0.0973 e. The van der Waals surface area contributed by atoms with Gasteiger partial charge in [0, 0.05) is 37.8 Å². The molecule has 0 aliphatic carbocycles. The summed E-state index contributed by atoms with van der Waals surface area (Å²) in [4.78, 5) is 12.2. The van der Waals surface area contributed by atoms with Crippen molar-refractivity contribution in [2.75, 3.05) is 0 Å². The summed E-state index contributed by atoms with van der Waals surface area (Å²) >= 11 is 6.10. The maximum absolute atomic E-state index is 6.10. The molecule has 0 spiro atoms. The fourth-order valence-corrected chi connectivity index (χ4v) is 4.11. The predicted molar refractivity (Wildman–Crippen MR) is 113 cm³/mol. The number of aromatic amines is 2. The average Bonchev–Trinajstić information content (AvgIpc) is 3.26. The third kappa shape index (κ3) is 2.06. The van der Waals surface area contributed by atoms with Crippen LogP contribution in [0.3, 0.4) is 0 Å². The molecule has 128 valence electrons. The van der Waals surface area contributed by atoms with E-state index < -0.39 is 0 Å². The monoisotopic (exact) mass is 367 g/mol. The van der Waals surface area contributed by atoms with E-state index >= 15 is 0 Å². The lowest BCUT2D eigenvalue weighted by Crippen LogP contribution is -1.87. The Bertz CT molecular complexity index is 1470. The summed E-state index contributed by atoms with van der Waals surface area (Å²) in [5.41, 5.74) is 7.29. The lowest BCUT2D eigenvalue weighted by atomic mass is 10.1. The van der Waals surface area contributed by atoms with Gasteiger partial charge in [-0.3, -0.25) is 0 Å². The normalized spacial score (nSPS) is 11.9. The molecule has 0 saturated carbocycles. The summed E-state index contributed by atoms with van der Waals surface area (Å²) < 4.78 is 0. The number of H-pyrrole nitrogens is 2. The van der Waals surface area contributed by atoms with Crippen molar-refractivity contribution in [3.63, 3.8) is 0 Å². The lowest BCUT2D eigenvalue weighted by Gasteiger charge is -2.05. The quantitative estimate of drug-likeness (QED) is 0.335. The molecule has 0 fully saturated rings. The number of hydrogen-bond donors (Lipinski definition) is 2. The van der Waals surface area contributed by atoms with Gasteiger partial charge in [-0.15, -0.1) is 0 Å². The molecule has 0 saturated heterocycles. The Hall–Kier alpha value is -3.30. The molecule has 6 aromatic rings. The minimum absolute atomic E-state index is 0.722. The highest BCUT2D eigenvalue weighted by molar-refractivity contribution is 6.30. The van der Waals surface area contributed by atoms with E-state index in [0.29, 0.717) is 0 Å². The second-order valence-electron chi connectivity index (χ2n) is 6.78. The summed E-state index contributed by atoms with van der Waals surface area (Å²) in [5, 5.41) is 4.23. The van der Waals surface area contributed by atoms with Gasteiger partial charge in [-0.05, 0) is 24.3 Å². The number of pyridine rings is 1. The maximum Gasteiger partial charge on any atom is 0.0973 e. The van der Waals surface area contributed by atoms with Crippen LogP contribution in [-0.4, -0.2) is 15.0 Å². The molecule has 0 radical (unpaired) electrons. The average molecular weight is 368 g/mol. The second-order valence-corrected chi connectivity index (χ2v) is 7.22. The van der Waals surface area contributed by atoms with Crippen LogP contribution in [0.2, 0.25) is 5.02 Å². The molecule has 3 heterocycles. The van der Waals surface area contributed by atoms with Crippen LogP contribution in [0.5, 0.6) is 0 Å².